The molecule has 0 spiro atoms. The van der Waals surface area contributed by atoms with Crippen LogP contribution in [0.15, 0.2) is 111 Å². The van der Waals surface area contributed by atoms with Crippen molar-refractivity contribution < 1.29 is 26.4 Å². The van der Waals surface area contributed by atoms with Gasteiger partial charge in [-0.05, 0) is 77.8 Å². The summed E-state index contributed by atoms with van der Waals surface area (Å²) in [6.45, 7) is 8.13. The number of primary sulfonamides is 1. The smallest absolute Gasteiger partial charge is 0.261 e. The number of nitrogens with two attached hydrogens (primary N) is 1. The zero-order valence-electron chi connectivity index (χ0n) is 26.2. The van der Waals surface area contributed by atoms with E-state index >= 15 is 0 Å². The summed E-state index contributed by atoms with van der Waals surface area (Å²) in [5.74, 6) is -0.859. The fourth-order valence-electron chi connectivity index (χ4n) is 6.99. The van der Waals surface area contributed by atoms with E-state index in [0.717, 1.165) is 11.4 Å². The molecule has 0 aromatic heterocycles. The highest BCUT2D eigenvalue weighted by molar-refractivity contribution is 7.92. The molecule has 0 atom stereocenters. The number of allylic oxidation sites excluding steroid dienone is 4. The molecule has 3 N–H and O–H groups in total. The van der Waals surface area contributed by atoms with Crippen LogP contribution in [-0.2, 0) is 29.6 Å². The number of Topliss-reactive ketones (excluding diaryl/α,β-unsaturated/α-hetero) is 2. The van der Waals surface area contributed by atoms with Crippen LogP contribution in [0.4, 0.5) is 11.4 Å². The monoisotopic (exact) mass is 659 g/mol. The number of nitrogens with zero attached hydrogens (tertiary/aromatic N) is 1. The molecule has 0 fully saturated rings. The predicted octanol–water partition coefficient (Wildman–Crippen LogP) is 6.03. The molecule has 3 aromatic carbocycles. The van der Waals surface area contributed by atoms with Gasteiger partial charge in [-0.1, -0.05) is 58.0 Å². The number of hydrogen-bond donors (Lipinski definition) is 2. The fraction of sp³-hybridized carbons (Fsp3) is 0.314. The second-order valence-electron chi connectivity index (χ2n) is 14.0. The number of nitrogens with one attached hydrogen (secondary N) is 1. The minimum absolute atomic E-state index is 0.0376. The molecule has 0 saturated heterocycles. The zero-order valence-corrected chi connectivity index (χ0v) is 27.8. The van der Waals surface area contributed by atoms with Gasteiger partial charge in [-0.25, -0.2) is 22.0 Å². The molecule has 6 rings (SSSR count). The summed E-state index contributed by atoms with van der Waals surface area (Å²) in [6.07, 6.45) is 1.63. The molecule has 0 bridgehead atoms. The zero-order chi connectivity index (χ0) is 33.2. The lowest BCUT2D eigenvalue weighted by Gasteiger charge is -2.49. The third kappa shape index (κ3) is 5.94. The highest BCUT2D eigenvalue weighted by atomic mass is 32.2. The minimum Gasteiger partial charge on any atom is -0.317 e. The molecule has 3 aromatic rings. The van der Waals surface area contributed by atoms with Gasteiger partial charge in [0.15, 0.2) is 11.6 Å². The highest BCUT2D eigenvalue weighted by Crippen LogP contribution is 2.55. The van der Waals surface area contributed by atoms with Crippen molar-refractivity contribution in [2.45, 2.75) is 69.1 Å². The summed E-state index contributed by atoms with van der Waals surface area (Å²) >= 11 is 0. The minimum atomic E-state index is -3.93. The number of hydrogen-bond acceptors (Lipinski definition) is 7. The van der Waals surface area contributed by atoms with Gasteiger partial charge in [-0.2, -0.15) is 0 Å². The Morgan fingerprint density at radius 3 is 1.76 bits per heavy atom. The van der Waals surface area contributed by atoms with E-state index in [1.807, 2.05) is 38.7 Å². The highest BCUT2D eigenvalue weighted by Gasteiger charge is 2.49. The Kier molecular flexibility index (Phi) is 7.65. The van der Waals surface area contributed by atoms with Crippen LogP contribution in [0, 0.1) is 10.8 Å². The molecule has 0 radical (unpaired) electrons. The molecule has 11 heteroatoms. The van der Waals surface area contributed by atoms with Crippen molar-refractivity contribution >= 4 is 43.0 Å². The summed E-state index contributed by atoms with van der Waals surface area (Å²) in [5.41, 5.74) is 3.36. The van der Waals surface area contributed by atoms with Gasteiger partial charge < -0.3 is 4.90 Å². The Bertz CT molecular complexity index is 1990. The van der Waals surface area contributed by atoms with Crippen molar-refractivity contribution in [3.05, 3.63) is 107 Å². The van der Waals surface area contributed by atoms with E-state index in [-0.39, 0.29) is 45.0 Å². The maximum Gasteiger partial charge on any atom is 0.261 e. The number of carbonyl (C=O) groups excluding carboxylic acids is 2. The van der Waals surface area contributed by atoms with Gasteiger partial charge in [-0.15, -0.1) is 0 Å². The van der Waals surface area contributed by atoms with Gasteiger partial charge in [0.2, 0.25) is 10.0 Å². The Balaban J connectivity index is 1.55. The first-order chi connectivity index (χ1) is 21.5. The SMILES string of the molecule is CC1(C)CC(=O)C2=C(C1)N(c1ccc(S(N)(=O)=O)cc1)C1=C(C(=O)CC(C)(C)C1)C2c1cccc(NS(=O)(=O)c2ccccc2)c1. The van der Waals surface area contributed by atoms with Gasteiger partial charge in [0.1, 0.15) is 0 Å². The normalized spacial score (nSPS) is 20.0. The van der Waals surface area contributed by atoms with Crippen LogP contribution in [0.2, 0.25) is 0 Å². The summed E-state index contributed by atoms with van der Waals surface area (Å²) < 4.78 is 53.1. The third-order valence-electron chi connectivity index (χ3n) is 8.86. The van der Waals surface area contributed by atoms with Crippen LogP contribution in [0.5, 0.6) is 0 Å². The van der Waals surface area contributed by atoms with Gasteiger partial charge >= 0.3 is 0 Å². The van der Waals surface area contributed by atoms with Crippen LogP contribution in [0.1, 0.15) is 64.9 Å². The fourth-order valence-corrected chi connectivity index (χ4v) is 8.58. The predicted molar refractivity (Wildman–Crippen MR) is 177 cm³/mol. The lowest BCUT2D eigenvalue weighted by atomic mass is 9.63. The van der Waals surface area contributed by atoms with Crippen LogP contribution in [0.3, 0.4) is 0 Å². The number of benzene rings is 3. The first-order valence-corrected chi connectivity index (χ1v) is 18.1. The molecule has 1 aliphatic heterocycles. The number of ketones is 2. The van der Waals surface area contributed by atoms with E-state index in [4.69, 9.17) is 5.14 Å². The lowest BCUT2D eigenvalue weighted by Crippen LogP contribution is -2.44. The van der Waals surface area contributed by atoms with Crippen molar-refractivity contribution in [1.29, 1.82) is 0 Å². The van der Waals surface area contributed by atoms with E-state index in [9.17, 15) is 26.4 Å². The Morgan fingerprint density at radius 2 is 1.24 bits per heavy atom. The standard InChI is InChI=1S/C35H37N3O6S2/c1-34(2)18-27-32(29(39)20-34)31(22-9-8-10-23(17-22)37-46(43,44)26-11-6-5-7-12-26)33-28(19-35(3,4)21-30(33)40)38(27)24-13-15-25(16-14-24)45(36,41)42/h5-17,31,37H,18-21H2,1-4H3,(H2,36,41,42). The Labute approximate surface area is 270 Å². The second kappa shape index (κ2) is 11.0. The average Bonchev–Trinajstić information content (AvgIpc) is 2.95. The van der Waals surface area contributed by atoms with Crippen LogP contribution < -0.4 is 14.8 Å². The number of rotatable bonds is 6. The van der Waals surface area contributed by atoms with E-state index in [0.29, 0.717) is 40.9 Å². The van der Waals surface area contributed by atoms with Gasteiger partial charge in [0.25, 0.3) is 10.0 Å². The van der Waals surface area contributed by atoms with Gasteiger partial charge in [-0.3, -0.25) is 14.3 Å². The molecule has 240 valence electrons. The van der Waals surface area contributed by atoms with Crippen molar-refractivity contribution in [3.8, 4) is 0 Å². The van der Waals surface area contributed by atoms with Gasteiger partial charge in [0.05, 0.1) is 9.79 Å². The molecular formula is C35H37N3O6S2. The van der Waals surface area contributed by atoms with E-state index < -0.39 is 26.0 Å². The molecule has 2 aliphatic carbocycles. The van der Waals surface area contributed by atoms with Crippen molar-refractivity contribution in [1.82, 2.24) is 0 Å². The first-order valence-electron chi connectivity index (χ1n) is 15.1. The summed E-state index contributed by atoms with van der Waals surface area (Å²) in [7, 11) is -7.82. The van der Waals surface area contributed by atoms with E-state index in [2.05, 4.69) is 4.72 Å². The summed E-state index contributed by atoms with van der Waals surface area (Å²) in [5, 5.41) is 5.38. The molecule has 0 amide bonds. The molecule has 0 saturated carbocycles. The van der Waals surface area contributed by atoms with E-state index in [1.165, 1.54) is 24.3 Å². The Morgan fingerprint density at radius 1 is 0.696 bits per heavy atom. The summed E-state index contributed by atoms with van der Waals surface area (Å²) in [4.78, 5) is 30.4. The van der Waals surface area contributed by atoms with Crippen molar-refractivity contribution in [2.75, 3.05) is 9.62 Å². The molecule has 0 unspecified atom stereocenters. The quantitative estimate of drug-likeness (QED) is 0.329. The number of anilines is 2. The van der Waals surface area contributed by atoms with E-state index in [1.54, 1.807) is 48.5 Å². The molecular weight excluding hydrogens is 623 g/mol. The largest absolute Gasteiger partial charge is 0.317 e. The first kappa shape index (κ1) is 31.9. The maximum absolute atomic E-state index is 14.2. The van der Waals surface area contributed by atoms with Crippen LogP contribution in [-0.4, -0.2) is 28.4 Å². The Hall–Kier alpha value is -4.06. The molecule has 3 aliphatic rings. The maximum atomic E-state index is 14.2. The summed E-state index contributed by atoms with van der Waals surface area (Å²) in [6, 6.07) is 21.2. The topological polar surface area (TPSA) is 144 Å². The number of sulfonamides is 2. The van der Waals surface area contributed by atoms with Crippen LogP contribution >= 0.6 is 0 Å². The second-order valence-corrected chi connectivity index (χ2v) is 17.2. The average molecular weight is 660 g/mol. The molecule has 1 heterocycles. The van der Waals surface area contributed by atoms with Crippen molar-refractivity contribution in [3.63, 3.8) is 0 Å². The van der Waals surface area contributed by atoms with Crippen molar-refractivity contribution in [2.24, 2.45) is 16.0 Å². The number of carbonyl (C=O) groups is 2. The molecule has 9 nitrogen and oxygen atoms in total. The third-order valence-corrected chi connectivity index (χ3v) is 11.2. The van der Waals surface area contributed by atoms with Gasteiger partial charge in [0, 0.05) is 52.7 Å². The van der Waals surface area contributed by atoms with Crippen LogP contribution in [0.25, 0.3) is 0 Å². The molecule has 46 heavy (non-hydrogen) atoms. The lowest BCUT2D eigenvalue weighted by molar-refractivity contribution is -0.119.